The predicted molar refractivity (Wildman–Crippen MR) is 193 cm³/mol. The summed E-state index contributed by atoms with van der Waals surface area (Å²) in [5.41, 5.74) is -0.482. The number of fused-ring (bicyclic) bond motifs is 5. The number of hydrogen-bond acceptors (Lipinski definition) is 8. The molecule has 258 valence electrons. The summed E-state index contributed by atoms with van der Waals surface area (Å²) in [4.78, 5) is 59.3. The average molecular weight is 693 g/mol. The molecule has 0 radical (unpaired) electrons. The second kappa shape index (κ2) is 12.1. The van der Waals surface area contributed by atoms with E-state index in [4.69, 9.17) is 14.2 Å². The molecule has 1 saturated carbocycles. The zero-order chi connectivity index (χ0) is 36.4. The minimum Gasteiger partial charge on any atom is -0.497 e. The van der Waals surface area contributed by atoms with Gasteiger partial charge < -0.3 is 14.2 Å². The molecule has 0 unspecified atom stereocenters. The van der Waals surface area contributed by atoms with Crippen LogP contribution in [0, 0.1) is 22.0 Å². The molecule has 5 aromatic carbocycles. The average Bonchev–Trinajstić information content (AvgIpc) is 3.70. The molecule has 52 heavy (non-hydrogen) atoms. The van der Waals surface area contributed by atoms with Gasteiger partial charge in [0.2, 0.25) is 11.8 Å². The van der Waals surface area contributed by atoms with Gasteiger partial charge in [0.15, 0.2) is 5.78 Å². The van der Waals surface area contributed by atoms with Gasteiger partial charge in [-0.1, -0.05) is 84.9 Å². The van der Waals surface area contributed by atoms with E-state index in [1.165, 1.54) is 25.3 Å². The molecular formula is C42H32N2O8. The van der Waals surface area contributed by atoms with E-state index in [2.05, 4.69) is 0 Å². The van der Waals surface area contributed by atoms with Crippen molar-refractivity contribution in [2.75, 3.05) is 26.2 Å². The summed E-state index contributed by atoms with van der Waals surface area (Å²) in [5, 5.41) is 12.5. The molecule has 10 heteroatoms. The number of allylic oxidation sites excluding steroid dienone is 2. The highest BCUT2D eigenvalue weighted by Crippen LogP contribution is 2.74. The number of carbonyl (C=O) groups is 3. The Balaban J connectivity index is 1.53. The van der Waals surface area contributed by atoms with Crippen LogP contribution in [0.5, 0.6) is 17.2 Å². The molecular weight excluding hydrogens is 660 g/mol. The molecule has 2 aliphatic carbocycles. The van der Waals surface area contributed by atoms with Gasteiger partial charge in [-0.3, -0.25) is 24.5 Å². The zero-order valence-electron chi connectivity index (χ0n) is 28.4. The molecule has 1 saturated heterocycles. The van der Waals surface area contributed by atoms with E-state index >= 15 is 14.4 Å². The maximum atomic E-state index is 16.1. The lowest BCUT2D eigenvalue weighted by Crippen LogP contribution is -2.45. The van der Waals surface area contributed by atoms with Crippen molar-refractivity contribution in [2.24, 2.45) is 11.8 Å². The largest absolute Gasteiger partial charge is 0.497 e. The quantitative estimate of drug-likeness (QED) is 0.0938. The van der Waals surface area contributed by atoms with Gasteiger partial charge in [-0.2, -0.15) is 0 Å². The molecule has 3 aliphatic rings. The van der Waals surface area contributed by atoms with Crippen LogP contribution < -0.4 is 19.1 Å². The fourth-order valence-electron chi connectivity index (χ4n) is 8.84. The van der Waals surface area contributed by atoms with Crippen LogP contribution in [0.15, 0.2) is 127 Å². The summed E-state index contributed by atoms with van der Waals surface area (Å²) in [6, 6.07) is 36.7. The smallest absolute Gasteiger partial charge is 0.297 e. The van der Waals surface area contributed by atoms with Gasteiger partial charge in [0, 0.05) is 0 Å². The lowest BCUT2D eigenvalue weighted by atomic mass is 9.59. The Hall–Kier alpha value is -6.55. The normalized spacial score (nSPS) is 23.2. The van der Waals surface area contributed by atoms with Crippen molar-refractivity contribution in [1.29, 1.82) is 0 Å². The molecule has 1 aliphatic heterocycles. The Kier molecular flexibility index (Phi) is 7.56. The number of benzene rings is 5. The Labute approximate surface area is 299 Å². The second-order valence-electron chi connectivity index (χ2n) is 13.0. The fourth-order valence-corrected chi connectivity index (χ4v) is 8.84. The number of hydrogen-bond donors (Lipinski definition) is 0. The highest BCUT2D eigenvalue weighted by atomic mass is 16.6. The lowest BCUT2D eigenvalue weighted by Gasteiger charge is -2.39. The molecule has 4 atom stereocenters. The minimum absolute atomic E-state index is 0.189. The number of ether oxygens (including phenoxy) is 3. The number of rotatable bonds is 9. The van der Waals surface area contributed by atoms with Gasteiger partial charge in [-0.25, -0.2) is 4.90 Å². The Bertz CT molecular complexity index is 2180. The van der Waals surface area contributed by atoms with Crippen molar-refractivity contribution in [1.82, 2.24) is 0 Å². The highest BCUT2D eigenvalue weighted by Gasteiger charge is 2.83. The number of anilines is 1. The summed E-state index contributed by atoms with van der Waals surface area (Å²) >= 11 is 0. The van der Waals surface area contributed by atoms with Crippen molar-refractivity contribution >= 4 is 40.1 Å². The molecule has 2 fully saturated rings. The van der Waals surface area contributed by atoms with Crippen LogP contribution in [0.2, 0.25) is 0 Å². The first-order valence-corrected chi connectivity index (χ1v) is 16.6. The fraction of sp³-hybridized carbons (Fsp3) is 0.167. The number of nitrogens with zero attached hydrogens (tertiary/aromatic N) is 2. The number of Topliss-reactive ketones (excluding diaryl/α,β-unsaturated/α-hetero) is 1. The van der Waals surface area contributed by atoms with Crippen LogP contribution >= 0.6 is 0 Å². The number of carbonyl (C=O) groups excluding carboxylic acids is 3. The summed E-state index contributed by atoms with van der Waals surface area (Å²) in [6.07, 6.45) is 0. The topological polar surface area (TPSA) is 125 Å². The van der Waals surface area contributed by atoms with Crippen molar-refractivity contribution in [3.05, 3.63) is 160 Å². The second-order valence-corrected chi connectivity index (χ2v) is 13.0. The maximum absolute atomic E-state index is 16.1. The van der Waals surface area contributed by atoms with Gasteiger partial charge in [-0.15, -0.1) is 0 Å². The first kappa shape index (κ1) is 32.6. The van der Waals surface area contributed by atoms with Crippen LogP contribution in [0.4, 0.5) is 11.4 Å². The lowest BCUT2D eigenvalue weighted by molar-refractivity contribution is -0.384. The molecule has 10 nitrogen and oxygen atoms in total. The molecule has 0 spiro atoms. The molecule has 2 amide bonds. The maximum Gasteiger partial charge on any atom is 0.297 e. The third-order valence-electron chi connectivity index (χ3n) is 10.8. The Morgan fingerprint density at radius 2 is 0.981 bits per heavy atom. The van der Waals surface area contributed by atoms with Gasteiger partial charge >= 0.3 is 0 Å². The number of nitro groups is 1. The third kappa shape index (κ3) is 4.21. The summed E-state index contributed by atoms with van der Waals surface area (Å²) < 4.78 is 16.2. The van der Waals surface area contributed by atoms with Gasteiger partial charge in [0.05, 0.1) is 55.0 Å². The minimum atomic E-state index is -1.69. The molecule has 8 rings (SSSR count). The van der Waals surface area contributed by atoms with Crippen LogP contribution in [0.3, 0.4) is 0 Å². The van der Waals surface area contributed by atoms with Crippen LogP contribution in [0.25, 0.3) is 11.1 Å². The van der Waals surface area contributed by atoms with E-state index in [1.807, 2.05) is 60.7 Å². The number of amides is 2. The van der Waals surface area contributed by atoms with E-state index in [-0.39, 0.29) is 17.2 Å². The van der Waals surface area contributed by atoms with Crippen LogP contribution in [-0.4, -0.2) is 43.9 Å². The summed E-state index contributed by atoms with van der Waals surface area (Å²) in [5.74, 6) is -2.83. The monoisotopic (exact) mass is 692 g/mol. The van der Waals surface area contributed by atoms with E-state index < -0.39 is 45.1 Å². The number of imide groups is 1. The van der Waals surface area contributed by atoms with Gasteiger partial charge in [0.25, 0.3) is 5.69 Å². The molecule has 0 N–H and O–H groups in total. The van der Waals surface area contributed by atoms with Crippen LogP contribution in [-0.2, 0) is 25.2 Å². The van der Waals surface area contributed by atoms with E-state index in [9.17, 15) is 10.1 Å². The van der Waals surface area contributed by atoms with Crippen molar-refractivity contribution < 1.29 is 33.5 Å². The van der Waals surface area contributed by atoms with Crippen molar-refractivity contribution in [2.45, 2.75) is 10.8 Å². The number of nitro benzene ring substituents is 1. The predicted octanol–water partition coefficient (Wildman–Crippen LogP) is 6.81. The molecule has 2 bridgehead atoms. The molecule has 0 aromatic heterocycles. The SMILES string of the molecule is COc1ccc(C2=C(c3ccc(OC)cc3)[C@@]3(c4ccccc4)C(=O)[C@@]2(c2ccccc2)[C@@H]2C(=O)N(c4ccc(OC)cc4[N+](=O)[O-])C(=O)[C@H]23)cc1. The Morgan fingerprint density at radius 1 is 0.577 bits per heavy atom. The van der Waals surface area contributed by atoms with Crippen molar-refractivity contribution in [3.8, 4) is 17.2 Å². The van der Waals surface area contributed by atoms with Crippen LogP contribution in [0.1, 0.15) is 22.3 Å². The van der Waals surface area contributed by atoms with E-state index in [0.717, 1.165) is 4.90 Å². The van der Waals surface area contributed by atoms with E-state index in [0.29, 0.717) is 44.9 Å². The van der Waals surface area contributed by atoms with Crippen molar-refractivity contribution in [3.63, 3.8) is 0 Å². The van der Waals surface area contributed by atoms with Gasteiger partial charge in [0.1, 0.15) is 22.9 Å². The van der Waals surface area contributed by atoms with E-state index in [1.54, 1.807) is 62.8 Å². The zero-order valence-corrected chi connectivity index (χ0v) is 28.4. The highest BCUT2D eigenvalue weighted by molar-refractivity contribution is 6.39. The summed E-state index contributed by atoms with van der Waals surface area (Å²) in [7, 11) is 4.50. The standard InChI is InChI=1S/C42H32N2O8/c1-50-29-18-14-25(15-19-29)34-35(26-16-20-30(51-2)21-17-26)42(28-12-8-5-9-13-28)37-36(41(34,40(42)47)27-10-6-4-7-11-27)38(45)43(39(37)46)32-23-22-31(52-3)24-33(32)44(48)49/h4-24,36-37H,1-3H3/t36-,37-,41+,42+/m0/s1. The number of ketones is 1. The third-order valence-corrected chi connectivity index (χ3v) is 10.8. The first-order valence-electron chi connectivity index (χ1n) is 16.6. The molecule has 1 heterocycles. The Morgan fingerprint density at radius 3 is 1.37 bits per heavy atom. The first-order chi connectivity index (χ1) is 25.2. The molecule has 5 aromatic rings. The summed E-state index contributed by atoms with van der Waals surface area (Å²) in [6.45, 7) is 0. The van der Waals surface area contributed by atoms with Gasteiger partial charge in [-0.05, 0) is 69.8 Å². The number of methoxy groups -OCH3 is 3.